The average molecular weight is 281 g/mol. The van der Waals surface area contributed by atoms with E-state index in [1.54, 1.807) is 6.20 Å². The molecule has 1 aliphatic rings. The van der Waals surface area contributed by atoms with E-state index in [0.717, 1.165) is 19.5 Å². The topological polar surface area (TPSA) is 110 Å². The van der Waals surface area contributed by atoms with Gasteiger partial charge < -0.3 is 25.6 Å². The molecule has 1 unspecified atom stereocenters. The molecule has 20 heavy (non-hydrogen) atoms. The summed E-state index contributed by atoms with van der Waals surface area (Å²) in [4.78, 5) is 31.7. The molecule has 110 valence electrons. The Hall–Kier alpha value is -2.09. The fraction of sp³-hybridized carbons (Fsp3) is 0.583. The molecule has 4 N–H and O–H groups in total. The molecule has 1 fully saturated rings. The number of aliphatic carboxylic acids is 1. The van der Waals surface area contributed by atoms with Gasteiger partial charge in [-0.3, -0.25) is 0 Å². The highest BCUT2D eigenvalue weighted by molar-refractivity contribution is 5.82. The first kappa shape index (κ1) is 14.3. The Morgan fingerprint density at radius 2 is 2.45 bits per heavy atom. The number of rotatable bonds is 5. The number of likely N-dealkylation sites (N-methyl/N-ethyl adjacent to an activating group) is 1. The molecule has 0 radical (unpaired) electrons. The number of nitrogens with one attached hydrogen (secondary N) is 3. The summed E-state index contributed by atoms with van der Waals surface area (Å²) in [7, 11) is 1.98. The number of aromatic nitrogens is 2. The second kappa shape index (κ2) is 6.38. The normalized spacial score (nSPS) is 20.6. The quantitative estimate of drug-likeness (QED) is 0.576. The summed E-state index contributed by atoms with van der Waals surface area (Å²) in [5.74, 6) is -1.07. The fourth-order valence-corrected chi connectivity index (χ4v) is 2.25. The summed E-state index contributed by atoms with van der Waals surface area (Å²) in [6, 6.07) is -1.35. The van der Waals surface area contributed by atoms with Crippen LogP contribution in [0.1, 0.15) is 12.1 Å². The molecule has 0 bridgehead atoms. The van der Waals surface area contributed by atoms with Crippen molar-refractivity contribution in [3.05, 3.63) is 18.2 Å². The molecule has 2 heterocycles. The van der Waals surface area contributed by atoms with E-state index in [4.69, 9.17) is 5.11 Å². The number of hydrogen-bond acceptors (Lipinski definition) is 4. The van der Waals surface area contributed by atoms with Crippen LogP contribution in [-0.2, 0) is 11.2 Å². The van der Waals surface area contributed by atoms with Crippen molar-refractivity contribution < 1.29 is 14.7 Å². The molecule has 1 saturated heterocycles. The molecule has 8 nitrogen and oxygen atoms in total. The van der Waals surface area contributed by atoms with Gasteiger partial charge in [0.1, 0.15) is 6.04 Å². The van der Waals surface area contributed by atoms with E-state index in [2.05, 4.69) is 25.5 Å². The van der Waals surface area contributed by atoms with Crippen molar-refractivity contribution in [1.29, 1.82) is 0 Å². The van der Waals surface area contributed by atoms with Gasteiger partial charge in [-0.1, -0.05) is 0 Å². The first-order valence-corrected chi connectivity index (χ1v) is 6.50. The SMILES string of the molecule is CN1CCC(NC(=O)N[C@H](Cc2cnc[nH]2)C(=O)O)C1. The van der Waals surface area contributed by atoms with Gasteiger partial charge in [0.05, 0.1) is 6.33 Å². The van der Waals surface area contributed by atoms with Crippen molar-refractivity contribution >= 4 is 12.0 Å². The van der Waals surface area contributed by atoms with Gasteiger partial charge in [0.2, 0.25) is 0 Å². The number of hydrogen-bond donors (Lipinski definition) is 4. The number of likely N-dealkylation sites (tertiary alicyclic amines) is 1. The summed E-state index contributed by atoms with van der Waals surface area (Å²) in [6.07, 6.45) is 4.07. The number of nitrogens with zero attached hydrogens (tertiary/aromatic N) is 2. The number of carbonyl (C=O) groups is 2. The number of carbonyl (C=O) groups excluding carboxylic acids is 1. The maximum absolute atomic E-state index is 11.8. The van der Waals surface area contributed by atoms with Crippen molar-refractivity contribution in [1.82, 2.24) is 25.5 Å². The highest BCUT2D eigenvalue weighted by atomic mass is 16.4. The Morgan fingerprint density at radius 1 is 1.65 bits per heavy atom. The molecule has 1 aliphatic heterocycles. The summed E-state index contributed by atoms with van der Waals surface area (Å²) in [6.45, 7) is 1.72. The molecule has 8 heteroatoms. The third-order valence-corrected chi connectivity index (χ3v) is 3.31. The van der Waals surface area contributed by atoms with Gasteiger partial charge in [0.25, 0.3) is 0 Å². The van der Waals surface area contributed by atoms with Crippen LogP contribution >= 0.6 is 0 Å². The predicted molar refractivity (Wildman–Crippen MR) is 71.3 cm³/mol. The molecule has 2 atom stereocenters. The van der Waals surface area contributed by atoms with Crippen molar-refractivity contribution in [3.8, 4) is 0 Å². The van der Waals surface area contributed by atoms with Gasteiger partial charge in [-0.2, -0.15) is 0 Å². The van der Waals surface area contributed by atoms with Crippen LogP contribution in [-0.4, -0.2) is 64.2 Å². The van der Waals surface area contributed by atoms with Gasteiger partial charge in [-0.25, -0.2) is 14.6 Å². The minimum atomic E-state index is -1.07. The molecular formula is C12H19N5O3. The zero-order valence-electron chi connectivity index (χ0n) is 11.3. The first-order valence-electron chi connectivity index (χ1n) is 6.50. The van der Waals surface area contributed by atoms with Crippen molar-refractivity contribution in [3.63, 3.8) is 0 Å². The monoisotopic (exact) mass is 281 g/mol. The third-order valence-electron chi connectivity index (χ3n) is 3.31. The second-order valence-corrected chi connectivity index (χ2v) is 5.04. The van der Waals surface area contributed by atoms with Crippen molar-refractivity contribution in [2.24, 2.45) is 0 Å². The van der Waals surface area contributed by atoms with Crippen LogP contribution in [0.4, 0.5) is 4.79 Å². The summed E-state index contributed by atoms with van der Waals surface area (Å²) < 4.78 is 0. The maximum atomic E-state index is 11.8. The molecule has 1 aromatic rings. The Kier molecular flexibility index (Phi) is 4.57. The Bertz CT molecular complexity index is 462. The van der Waals surface area contributed by atoms with Gasteiger partial charge in [0.15, 0.2) is 0 Å². The minimum absolute atomic E-state index is 0.0709. The lowest BCUT2D eigenvalue weighted by Gasteiger charge is -2.17. The molecule has 0 saturated carbocycles. The Morgan fingerprint density at radius 3 is 3.00 bits per heavy atom. The number of carboxylic acid groups (broad SMARTS) is 1. The minimum Gasteiger partial charge on any atom is -0.480 e. The van der Waals surface area contributed by atoms with Gasteiger partial charge in [0, 0.05) is 30.9 Å². The number of carboxylic acids is 1. The number of H-pyrrole nitrogens is 1. The summed E-state index contributed by atoms with van der Waals surface area (Å²) >= 11 is 0. The van der Waals surface area contributed by atoms with E-state index in [1.807, 2.05) is 7.05 Å². The molecule has 2 rings (SSSR count). The van der Waals surface area contributed by atoms with Gasteiger partial charge in [-0.15, -0.1) is 0 Å². The largest absolute Gasteiger partial charge is 0.480 e. The first-order chi connectivity index (χ1) is 9.54. The predicted octanol–water partition coefficient (Wildman–Crippen LogP) is -0.591. The van der Waals surface area contributed by atoms with Crippen LogP contribution in [0.3, 0.4) is 0 Å². The van der Waals surface area contributed by atoms with Crippen LogP contribution in [0, 0.1) is 0 Å². The lowest BCUT2D eigenvalue weighted by molar-refractivity contribution is -0.139. The molecule has 0 aliphatic carbocycles. The van der Waals surface area contributed by atoms with Crippen molar-refractivity contribution in [2.45, 2.75) is 24.9 Å². The van der Waals surface area contributed by atoms with Gasteiger partial charge >= 0.3 is 12.0 Å². The van der Waals surface area contributed by atoms with Crippen LogP contribution in [0.15, 0.2) is 12.5 Å². The zero-order valence-corrected chi connectivity index (χ0v) is 11.3. The standard InChI is InChI=1S/C12H19N5O3/c1-17-3-2-8(6-17)15-12(20)16-10(11(18)19)4-9-5-13-7-14-9/h5,7-8,10H,2-4,6H2,1H3,(H,13,14)(H,18,19)(H2,15,16,20)/t8?,10-/m1/s1. The lowest BCUT2D eigenvalue weighted by Crippen LogP contribution is -2.50. The third kappa shape index (κ3) is 3.95. The van der Waals surface area contributed by atoms with E-state index in [9.17, 15) is 9.59 Å². The molecule has 0 aromatic carbocycles. The van der Waals surface area contributed by atoms with Crippen LogP contribution in [0.25, 0.3) is 0 Å². The molecule has 2 amide bonds. The van der Waals surface area contributed by atoms with E-state index >= 15 is 0 Å². The summed E-state index contributed by atoms with van der Waals surface area (Å²) in [5.41, 5.74) is 0.665. The number of aromatic amines is 1. The van der Waals surface area contributed by atoms with E-state index in [0.29, 0.717) is 5.69 Å². The van der Waals surface area contributed by atoms with Crippen LogP contribution in [0.2, 0.25) is 0 Å². The number of amides is 2. The zero-order chi connectivity index (χ0) is 14.5. The van der Waals surface area contributed by atoms with E-state index in [-0.39, 0.29) is 12.5 Å². The number of imidazole rings is 1. The van der Waals surface area contributed by atoms with Crippen LogP contribution in [0.5, 0.6) is 0 Å². The van der Waals surface area contributed by atoms with E-state index < -0.39 is 18.0 Å². The Labute approximate surface area is 116 Å². The average Bonchev–Trinajstić information content (AvgIpc) is 3.00. The lowest BCUT2D eigenvalue weighted by atomic mass is 10.1. The molecule has 1 aromatic heterocycles. The maximum Gasteiger partial charge on any atom is 0.326 e. The Balaban J connectivity index is 1.84. The second-order valence-electron chi connectivity index (χ2n) is 5.04. The fourth-order valence-electron chi connectivity index (χ4n) is 2.25. The summed E-state index contributed by atoms with van der Waals surface area (Å²) in [5, 5.41) is 14.4. The molecular weight excluding hydrogens is 262 g/mol. The number of urea groups is 1. The van der Waals surface area contributed by atoms with Crippen LogP contribution < -0.4 is 10.6 Å². The smallest absolute Gasteiger partial charge is 0.326 e. The highest BCUT2D eigenvalue weighted by Crippen LogP contribution is 2.06. The van der Waals surface area contributed by atoms with Gasteiger partial charge in [-0.05, 0) is 20.0 Å². The van der Waals surface area contributed by atoms with Crippen molar-refractivity contribution in [2.75, 3.05) is 20.1 Å². The highest BCUT2D eigenvalue weighted by Gasteiger charge is 2.24. The molecule has 0 spiro atoms. The van der Waals surface area contributed by atoms with E-state index in [1.165, 1.54) is 6.33 Å².